The van der Waals surface area contributed by atoms with Gasteiger partial charge in [-0.05, 0) is 38.5 Å². The number of nitrogens with two attached hydrogens (primary N) is 2. The van der Waals surface area contributed by atoms with E-state index in [9.17, 15) is 9.59 Å². The fourth-order valence-corrected chi connectivity index (χ4v) is 2.47. The highest BCUT2D eigenvalue weighted by atomic mass is 16.2. The van der Waals surface area contributed by atoms with Crippen LogP contribution in [0.5, 0.6) is 0 Å². The minimum atomic E-state index is -0.821. The van der Waals surface area contributed by atoms with Gasteiger partial charge in [-0.1, -0.05) is 0 Å². The first kappa shape index (κ1) is 11.4. The van der Waals surface area contributed by atoms with E-state index < -0.39 is 17.5 Å². The Labute approximate surface area is 95.1 Å². The summed E-state index contributed by atoms with van der Waals surface area (Å²) in [5.74, 6) is -0.261. The van der Waals surface area contributed by atoms with Crippen molar-refractivity contribution in [3.63, 3.8) is 0 Å². The highest BCUT2D eigenvalue weighted by molar-refractivity contribution is 5.92. The molecule has 16 heavy (non-hydrogen) atoms. The lowest BCUT2D eigenvalue weighted by Crippen LogP contribution is -2.57. The number of rotatable bonds is 3. The second-order valence-corrected chi connectivity index (χ2v) is 5.12. The molecular weight excluding hydrogens is 206 g/mol. The van der Waals surface area contributed by atoms with Gasteiger partial charge in [-0.3, -0.25) is 9.59 Å². The van der Waals surface area contributed by atoms with Crippen molar-refractivity contribution in [2.45, 2.75) is 44.2 Å². The lowest BCUT2D eigenvalue weighted by molar-refractivity contribution is -0.142. The standard InChI is InChI=1S/C11H19N3O2/c1-11(13,7-4-5-7)10(16)14-6-2-3-8(14)9(12)15/h7-8H,2-6,13H2,1H3,(H2,12,15). The van der Waals surface area contributed by atoms with Gasteiger partial charge in [0.1, 0.15) is 6.04 Å². The van der Waals surface area contributed by atoms with Gasteiger partial charge < -0.3 is 16.4 Å². The number of hydrogen-bond donors (Lipinski definition) is 2. The van der Waals surface area contributed by atoms with Crippen LogP contribution in [-0.4, -0.2) is 34.8 Å². The number of amides is 2. The molecule has 2 amide bonds. The van der Waals surface area contributed by atoms with Crippen LogP contribution in [0.25, 0.3) is 0 Å². The summed E-state index contributed by atoms with van der Waals surface area (Å²) in [5.41, 5.74) is 10.5. The Morgan fingerprint density at radius 2 is 1.94 bits per heavy atom. The summed E-state index contributed by atoms with van der Waals surface area (Å²) in [7, 11) is 0. The van der Waals surface area contributed by atoms with Crippen molar-refractivity contribution >= 4 is 11.8 Å². The van der Waals surface area contributed by atoms with Gasteiger partial charge in [-0.25, -0.2) is 0 Å². The van der Waals surface area contributed by atoms with Gasteiger partial charge >= 0.3 is 0 Å². The molecule has 1 heterocycles. The zero-order valence-corrected chi connectivity index (χ0v) is 9.61. The van der Waals surface area contributed by atoms with Crippen LogP contribution in [0.1, 0.15) is 32.6 Å². The van der Waals surface area contributed by atoms with Crippen molar-refractivity contribution < 1.29 is 9.59 Å². The Morgan fingerprint density at radius 1 is 1.31 bits per heavy atom. The van der Waals surface area contributed by atoms with E-state index in [0.717, 1.165) is 19.3 Å². The highest BCUT2D eigenvalue weighted by Crippen LogP contribution is 2.39. The van der Waals surface area contributed by atoms with E-state index >= 15 is 0 Å². The molecule has 2 aliphatic rings. The predicted molar refractivity (Wildman–Crippen MR) is 59.2 cm³/mol. The van der Waals surface area contributed by atoms with Crippen LogP contribution in [0.15, 0.2) is 0 Å². The first-order chi connectivity index (χ1) is 7.44. The summed E-state index contributed by atoms with van der Waals surface area (Å²) in [6.45, 7) is 2.37. The van der Waals surface area contributed by atoms with Crippen LogP contribution >= 0.6 is 0 Å². The maximum atomic E-state index is 12.3. The van der Waals surface area contributed by atoms with E-state index in [0.29, 0.717) is 13.0 Å². The first-order valence-electron chi connectivity index (χ1n) is 5.84. The number of nitrogens with zero attached hydrogens (tertiary/aromatic N) is 1. The monoisotopic (exact) mass is 225 g/mol. The molecular formula is C11H19N3O2. The van der Waals surface area contributed by atoms with Gasteiger partial charge in [0.2, 0.25) is 11.8 Å². The third kappa shape index (κ3) is 1.80. The molecule has 2 fully saturated rings. The molecule has 0 bridgehead atoms. The Morgan fingerprint density at radius 3 is 2.44 bits per heavy atom. The van der Waals surface area contributed by atoms with E-state index in [1.54, 1.807) is 11.8 Å². The molecule has 0 spiro atoms. The number of primary amides is 1. The van der Waals surface area contributed by atoms with Crippen LogP contribution in [0.3, 0.4) is 0 Å². The topological polar surface area (TPSA) is 89.4 Å². The molecule has 0 aromatic heterocycles. The maximum absolute atomic E-state index is 12.3. The predicted octanol–water partition coefficient (Wildman–Crippen LogP) is -0.410. The molecule has 0 aromatic carbocycles. The molecule has 5 nitrogen and oxygen atoms in total. The van der Waals surface area contributed by atoms with E-state index in [1.807, 2.05) is 0 Å². The van der Waals surface area contributed by atoms with Crippen LogP contribution in [-0.2, 0) is 9.59 Å². The van der Waals surface area contributed by atoms with E-state index in [-0.39, 0.29) is 11.8 Å². The second-order valence-electron chi connectivity index (χ2n) is 5.12. The summed E-state index contributed by atoms with van der Waals surface area (Å²) in [6, 6.07) is -0.450. The molecule has 5 heteroatoms. The molecule has 1 aliphatic carbocycles. The van der Waals surface area contributed by atoms with Crippen molar-refractivity contribution in [2.24, 2.45) is 17.4 Å². The SMILES string of the molecule is CC(N)(C(=O)N1CCCC1C(N)=O)C1CC1. The van der Waals surface area contributed by atoms with Crippen molar-refractivity contribution in [3.8, 4) is 0 Å². The minimum Gasteiger partial charge on any atom is -0.368 e. The van der Waals surface area contributed by atoms with Crippen LogP contribution in [0, 0.1) is 5.92 Å². The fourth-order valence-electron chi connectivity index (χ4n) is 2.47. The molecule has 1 aliphatic heterocycles. The molecule has 1 saturated heterocycles. The van der Waals surface area contributed by atoms with Gasteiger partial charge in [-0.15, -0.1) is 0 Å². The van der Waals surface area contributed by atoms with E-state index in [4.69, 9.17) is 11.5 Å². The summed E-state index contributed by atoms with van der Waals surface area (Å²) in [4.78, 5) is 25.0. The molecule has 2 atom stereocenters. The van der Waals surface area contributed by atoms with Gasteiger partial charge in [0.05, 0.1) is 5.54 Å². The summed E-state index contributed by atoms with van der Waals surface area (Å²) < 4.78 is 0. The summed E-state index contributed by atoms with van der Waals surface area (Å²) in [5, 5.41) is 0. The highest BCUT2D eigenvalue weighted by Gasteiger charge is 2.48. The second kappa shape index (κ2) is 3.73. The van der Waals surface area contributed by atoms with Gasteiger partial charge in [0.25, 0.3) is 0 Å². The molecule has 2 rings (SSSR count). The normalized spacial score (nSPS) is 28.9. The van der Waals surface area contributed by atoms with Crippen molar-refractivity contribution in [2.75, 3.05) is 6.54 Å². The fraction of sp³-hybridized carbons (Fsp3) is 0.818. The number of likely N-dealkylation sites (tertiary alicyclic amines) is 1. The molecule has 0 radical (unpaired) electrons. The summed E-state index contributed by atoms with van der Waals surface area (Å²) in [6.07, 6.45) is 3.52. The van der Waals surface area contributed by atoms with E-state index in [1.165, 1.54) is 0 Å². The van der Waals surface area contributed by atoms with Gasteiger partial charge in [0.15, 0.2) is 0 Å². The smallest absolute Gasteiger partial charge is 0.243 e. The zero-order valence-electron chi connectivity index (χ0n) is 9.61. The zero-order chi connectivity index (χ0) is 11.9. The first-order valence-corrected chi connectivity index (χ1v) is 5.84. The molecule has 4 N–H and O–H groups in total. The van der Waals surface area contributed by atoms with E-state index in [2.05, 4.69) is 0 Å². The molecule has 2 unspecified atom stereocenters. The third-order valence-electron chi connectivity index (χ3n) is 3.73. The molecule has 0 aromatic rings. The molecule has 90 valence electrons. The Hall–Kier alpha value is -1.10. The quantitative estimate of drug-likeness (QED) is 0.684. The van der Waals surface area contributed by atoms with Crippen molar-refractivity contribution in [1.29, 1.82) is 0 Å². The van der Waals surface area contributed by atoms with Crippen molar-refractivity contribution in [3.05, 3.63) is 0 Å². The largest absolute Gasteiger partial charge is 0.368 e. The van der Waals surface area contributed by atoms with Crippen LogP contribution in [0.4, 0.5) is 0 Å². The van der Waals surface area contributed by atoms with Crippen molar-refractivity contribution in [1.82, 2.24) is 4.90 Å². The third-order valence-corrected chi connectivity index (χ3v) is 3.73. The molecule has 1 saturated carbocycles. The Bertz CT molecular complexity index is 323. The number of carbonyl (C=O) groups excluding carboxylic acids is 2. The maximum Gasteiger partial charge on any atom is 0.243 e. The lowest BCUT2D eigenvalue weighted by Gasteiger charge is -2.31. The number of carbonyl (C=O) groups is 2. The lowest BCUT2D eigenvalue weighted by atomic mass is 9.95. The Balaban J connectivity index is 2.11. The summed E-state index contributed by atoms with van der Waals surface area (Å²) >= 11 is 0. The van der Waals surface area contributed by atoms with Gasteiger partial charge in [-0.2, -0.15) is 0 Å². The van der Waals surface area contributed by atoms with Gasteiger partial charge in [0, 0.05) is 6.54 Å². The van der Waals surface area contributed by atoms with Crippen LogP contribution < -0.4 is 11.5 Å². The average molecular weight is 225 g/mol. The Kier molecular flexibility index (Phi) is 2.66. The van der Waals surface area contributed by atoms with Crippen LogP contribution in [0.2, 0.25) is 0 Å². The minimum absolute atomic E-state index is 0.115. The average Bonchev–Trinajstić information content (AvgIpc) is 2.95. The number of hydrogen-bond acceptors (Lipinski definition) is 3.